The predicted octanol–water partition coefficient (Wildman–Crippen LogP) is 3.00. The van der Waals surface area contributed by atoms with Gasteiger partial charge in [-0.05, 0) is 25.1 Å². The number of aromatic nitrogens is 1. The zero-order chi connectivity index (χ0) is 19.2. The molecule has 0 bridgehead atoms. The van der Waals surface area contributed by atoms with Gasteiger partial charge in [-0.15, -0.1) is 6.42 Å². The van der Waals surface area contributed by atoms with E-state index in [0.717, 1.165) is 5.56 Å². The van der Waals surface area contributed by atoms with Gasteiger partial charge >= 0.3 is 0 Å². The van der Waals surface area contributed by atoms with Gasteiger partial charge in [0.1, 0.15) is 17.0 Å². The van der Waals surface area contributed by atoms with E-state index in [9.17, 15) is 9.59 Å². The maximum absolute atomic E-state index is 12.6. The van der Waals surface area contributed by atoms with Crippen molar-refractivity contribution in [2.45, 2.75) is 6.92 Å². The number of aryl methyl sites for hydroxylation is 1. The monoisotopic (exact) mass is 359 g/mol. The smallest absolute Gasteiger partial charge is 0.257 e. The highest BCUT2D eigenvalue weighted by Crippen LogP contribution is 2.24. The van der Waals surface area contributed by atoms with Gasteiger partial charge in [-0.2, -0.15) is 0 Å². The molecule has 0 radical (unpaired) electrons. The molecule has 2 N–H and O–H groups in total. The Labute approximate surface area is 156 Å². The number of carbonyl (C=O) groups is 2. The van der Waals surface area contributed by atoms with E-state index >= 15 is 0 Å². The molecule has 1 aromatic heterocycles. The summed E-state index contributed by atoms with van der Waals surface area (Å²) in [5.74, 6) is 2.08. The molecule has 134 valence electrons. The summed E-state index contributed by atoms with van der Waals surface area (Å²) in [6.45, 7) is 1.46. The summed E-state index contributed by atoms with van der Waals surface area (Å²) in [5.41, 5.74) is 2.73. The van der Waals surface area contributed by atoms with Crippen molar-refractivity contribution in [3.63, 3.8) is 0 Å². The summed E-state index contributed by atoms with van der Waals surface area (Å²) in [6.07, 6.45) is 5.34. The number of anilines is 1. The average molecular weight is 359 g/mol. The average Bonchev–Trinajstić information content (AvgIpc) is 3.08. The molecule has 3 rings (SSSR count). The van der Waals surface area contributed by atoms with Gasteiger partial charge in [0.2, 0.25) is 5.91 Å². The van der Waals surface area contributed by atoms with Crippen LogP contribution in [-0.2, 0) is 4.79 Å². The van der Waals surface area contributed by atoms with Gasteiger partial charge in [0.05, 0.1) is 6.54 Å². The van der Waals surface area contributed by atoms with E-state index in [4.69, 9.17) is 10.9 Å². The lowest BCUT2D eigenvalue weighted by molar-refractivity contribution is -0.115. The third-order valence-electron chi connectivity index (χ3n) is 3.86. The lowest BCUT2D eigenvalue weighted by Gasteiger charge is -2.08. The third-order valence-corrected chi connectivity index (χ3v) is 3.86. The molecule has 27 heavy (non-hydrogen) atoms. The lowest BCUT2D eigenvalue weighted by atomic mass is 10.1. The maximum Gasteiger partial charge on any atom is 0.257 e. The SMILES string of the molecule is C#Cc1cccc(NC(=O)CNC(=O)c2c(-c3ccccc3)noc2C)c1. The molecule has 0 atom stereocenters. The summed E-state index contributed by atoms with van der Waals surface area (Å²) in [4.78, 5) is 24.7. The molecule has 2 amide bonds. The molecule has 6 heteroatoms. The van der Waals surface area contributed by atoms with Crippen molar-refractivity contribution in [1.29, 1.82) is 0 Å². The number of hydrogen-bond donors (Lipinski definition) is 2. The summed E-state index contributed by atoms with van der Waals surface area (Å²) >= 11 is 0. The van der Waals surface area contributed by atoms with Crippen LogP contribution in [0, 0.1) is 19.3 Å². The van der Waals surface area contributed by atoms with Crippen LogP contribution in [0.15, 0.2) is 59.1 Å². The molecule has 0 fully saturated rings. The standard InChI is InChI=1S/C21H17N3O3/c1-3-15-8-7-11-17(12-15)23-18(25)13-22-21(26)19-14(2)27-24-20(19)16-9-5-4-6-10-16/h1,4-12H,13H2,2H3,(H,22,26)(H,23,25). The Balaban J connectivity index is 1.67. The summed E-state index contributed by atoms with van der Waals surface area (Å²) < 4.78 is 5.17. The molecule has 0 unspecified atom stereocenters. The van der Waals surface area contributed by atoms with Crippen LogP contribution in [0.3, 0.4) is 0 Å². The van der Waals surface area contributed by atoms with Crippen molar-refractivity contribution in [3.05, 3.63) is 71.5 Å². The topological polar surface area (TPSA) is 84.2 Å². The second kappa shape index (κ2) is 8.02. The molecule has 3 aromatic rings. The molecular formula is C21H17N3O3. The number of carbonyl (C=O) groups excluding carboxylic acids is 2. The number of amides is 2. The first-order valence-electron chi connectivity index (χ1n) is 8.25. The van der Waals surface area contributed by atoms with E-state index in [1.807, 2.05) is 30.3 Å². The Bertz CT molecular complexity index is 1020. The molecule has 0 saturated carbocycles. The third kappa shape index (κ3) is 4.22. The Morgan fingerprint density at radius 3 is 2.67 bits per heavy atom. The molecule has 0 aliphatic rings. The van der Waals surface area contributed by atoms with Crippen LogP contribution in [0.2, 0.25) is 0 Å². The zero-order valence-electron chi connectivity index (χ0n) is 14.7. The minimum Gasteiger partial charge on any atom is -0.360 e. The number of benzene rings is 2. The Morgan fingerprint density at radius 1 is 1.15 bits per heavy atom. The Morgan fingerprint density at radius 2 is 1.93 bits per heavy atom. The van der Waals surface area contributed by atoms with Gasteiger partial charge in [-0.3, -0.25) is 9.59 Å². The van der Waals surface area contributed by atoms with Gasteiger partial charge in [0.15, 0.2) is 0 Å². The fourth-order valence-corrected chi connectivity index (χ4v) is 2.57. The van der Waals surface area contributed by atoms with Crippen LogP contribution >= 0.6 is 0 Å². The highest BCUT2D eigenvalue weighted by atomic mass is 16.5. The fraction of sp³-hybridized carbons (Fsp3) is 0.0952. The first kappa shape index (κ1) is 18.0. The number of terminal acetylenes is 1. The summed E-state index contributed by atoms with van der Waals surface area (Å²) in [6, 6.07) is 16.1. The van der Waals surface area contributed by atoms with Crippen LogP contribution < -0.4 is 10.6 Å². The van der Waals surface area contributed by atoms with Crippen molar-refractivity contribution in [1.82, 2.24) is 10.5 Å². The highest BCUT2D eigenvalue weighted by Gasteiger charge is 2.21. The Hall–Kier alpha value is -3.85. The van der Waals surface area contributed by atoms with Crippen LogP contribution in [0.4, 0.5) is 5.69 Å². The highest BCUT2D eigenvalue weighted by molar-refractivity contribution is 6.03. The van der Waals surface area contributed by atoms with Crippen LogP contribution in [-0.4, -0.2) is 23.5 Å². The van der Waals surface area contributed by atoms with Crippen LogP contribution in [0.25, 0.3) is 11.3 Å². The largest absolute Gasteiger partial charge is 0.360 e. The van der Waals surface area contributed by atoms with Gasteiger partial charge in [-0.1, -0.05) is 47.5 Å². The summed E-state index contributed by atoms with van der Waals surface area (Å²) in [7, 11) is 0. The minimum absolute atomic E-state index is 0.196. The van der Waals surface area contributed by atoms with Gasteiger partial charge in [0.25, 0.3) is 5.91 Å². The van der Waals surface area contributed by atoms with E-state index in [2.05, 4.69) is 21.7 Å². The molecule has 0 saturated heterocycles. The maximum atomic E-state index is 12.6. The van der Waals surface area contributed by atoms with Gasteiger partial charge in [0, 0.05) is 16.8 Å². The molecule has 1 heterocycles. The quantitative estimate of drug-likeness (QED) is 0.686. The van der Waals surface area contributed by atoms with Crippen molar-refractivity contribution >= 4 is 17.5 Å². The molecule has 0 aliphatic carbocycles. The van der Waals surface area contributed by atoms with Crippen molar-refractivity contribution in [2.24, 2.45) is 0 Å². The van der Waals surface area contributed by atoms with Crippen molar-refractivity contribution < 1.29 is 14.1 Å². The Kier molecular flexibility index (Phi) is 5.33. The van der Waals surface area contributed by atoms with Crippen molar-refractivity contribution in [3.8, 4) is 23.6 Å². The van der Waals surface area contributed by atoms with E-state index in [0.29, 0.717) is 28.3 Å². The molecule has 2 aromatic carbocycles. The second-order valence-corrected chi connectivity index (χ2v) is 5.78. The molecule has 0 spiro atoms. The van der Waals surface area contributed by atoms with E-state index in [-0.39, 0.29) is 12.5 Å². The van der Waals surface area contributed by atoms with Crippen LogP contribution in [0.1, 0.15) is 21.7 Å². The van der Waals surface area contributed by atoms with Crippen molar-refractivity contribution in [2.75, 3.05) is 11.9 Å². The van der Waals surface area contributed by atoms with E-state index in [1.54, 1.807) is 31.2 Å². The molecule has 6 nitrogen and oxygen atoms in total. The van der Waals surface area contributed by atoms with Gasteiger partial charge in [-0.25, -0.2) is 0 Å². The van der Waals surface area contributed by atoms with Gasteiger partial charge < -0.3 is 15.2 Å². The number of hydrogen-bond acceptors (Lipinski definition) is 4. The first-order chi connectivity index (χ1) is 13.1. The second-order valence-electron chi connectivity index (χ2n) is 5.78. The van der Waals surface area contributed by atoms with Crippen LogP contribution in [0.5, 0.6) is 0 Å². The number of nitrogens with one attached hydrogen (secondary N) is 2. The lowest BCUT2D eigenvalue weighted by Crippen LogP contribution is -2.33. The normalized spacial score (nSPS) is 10.1. The predicted molar refractivity (Wildman–Crippen MR) is 102 cm³/mol. The molecular weight excluding hydrogens is 342 g/mol. The minimum atomic E-state index is -0.430. The molecule has 0 aliphatic heterocycles. The number of nitrogens with zero attached hydrogens (tertiary/aromatic N) is 1. The first-order valence-corrected chi connectivity index (χ1v) is 8.25. The van der Waals surface area contributed by atoms with E-state index in [1.165, 1.54) is 0 Å². The number of rotatable bonds is 5. The summed E-state index contributed by atoms with van der Waals surface area (Å²) in [5, 5.41) is 9.25. The zero-order valence-corrected chi connectivity index (χ0v) is 14.7. The fourth-order valence-electron chi connectivity index (χ4n) is 2.57. The van der Waals surface area contributed by atoms with E-state index < -0.39 is 5.91 Å².